The smallest absolute Gasteiger partial charge is 0.254 e. The van der Waals surface area contributed by atoms with E-state index in [-0.39, 0.29) is 36.0 Å². The molecule has 1 aromatic carbocycles. The van der Waals surface area contributed by atoms with Gasteiger partial charge in [-0.2, -0.15) is 0 Å². The number of ether oxygens (including phenoxy) is 3. The lowest BCUT2D eigenvalue weighted by Crippen LogP contribution is -2.53. The van der Waals surface area contributed by atoms with E-state index in [1.54, 1.807) is 7.11 Å². The highest BCUT2D eigenvalue weighted by atomic mass is 19.1. The van der Waals surface area contributed by atoms with Crippen LogP contribution in [0.5, 0.6) is 5.75 Å². The second kappa shape index (κ2) is 7.90. The minimum Gasteiger partial charge on any atom is -0.494 e. The number of aliphatic hydroxyl groups excluding tert-OH is 1. The monoisotopic (exact) mass is 367 g/mol. The number of fused-ring (bicyclic) bond motifs is 1. The first kappa shape index (κ1) is 19.1. The van der Waals surface area contributed by atoms with Gasteiger partial charge in [-0.05, 0) is 43.9 Å². The standard InChI is InChI=1S/C19H26FNO5/c1-24-16-11-13(3-4-15(16)20)18(23)21-8-7-19(25-2)6-5-14(12-17(19)21)26-10-9-22/h3-4,11,14,17,22H,5-10,12H2,1-2H3/t14-,17-,19+/m0/s1. The molecule has 0 aromatic heterocycles. The Morgan fingerprint density at radius 2 is 2.19 bits per heavy atom. The number of amides is 1. The third-order valence-electron chi connectivity index (χ3n) is 5.65. The third kappa shape index (κ3) is 3.43. The van der Waals surface area contributed by atoms with Crippen molar-refractivity contribution in [1.82, 2.24) is 4.90 Å². The van der Waals surface area contributed by atoms with Gasteiger partial charge in [0.15, 0.2) is 11.6 Å². The molecule has 1 aliphatic heterocycles. The Hall–Kier alpha value is -1.70. The fourth-order valence-electron chi connectivity index (χ4n) is 4.23. The van der Waals surface area contributed by atoms with Crippen molar-refractivity contribution in [1.29, 1.82) is 0 Å². The van der Waals surface area contributed by atoms with Crippen molar-refractivity contribution in [2.24, 2.45) is 0 Å². The Labute approximate surface area is 152 Å². The van der Waals surface area contributed by atoms with E-state index in [1.165, 1.54) is 25.3 Å². The summed E-state index contributed by atoms with van der Waals surface area (Å²) in [6.07, 6.45) is 3.08. The molecule has 2 fully saturated rings. The molecule has 0 spiro atoms. The summed E-state index contributed by atoms with van der Waals surface area (Å²) in [7, 11) is 3.07. The van der Waals surface area contributed by atoms with Gasteiger partial charge in [-0.25, -0.2) is 4.39 Å². The van der Waals surface area contributed by atoms with Crippen LogP contribution in [0.15, 0.2) is 18.2 Å². The molecule has 2 aliphatic rings. The summed E-state index contributed by atoms with van der Waals surface area (Å²) >= 11 is 0. The van der Waals surface area contributed by atoms with Crippen LogP contribution < -0.4 is 4.74 Å². The van der Waals surface area contributed by atoms with Crippen LogP contribution >= 0.6 is 0 Å². The molecule has 3 rings (SSSR count). The van der Waals surface area contributed by atoms with Crippen molar-refractivity contribution in [3.63, 3.8) is 0 Å². The number of hydrogen-bond donors (Lipinski definition) is 1. The van der Waals surface area contributed by atoms with E-state index < -0.39 is 5.82 Å². The predicted molar refractivity (Wildman–Crippen MR) is 92.8 cm³/mol. The Morgan fingerprint density at radius 1 is 1.38 bits per heavy atom. The first-order valence-corrected chi connectivity index (χ1v) is 8.97. The topological polar surface area (TPSA) is 68.2 Å². The summed E-state index contributed by atoms with van der Waals surface area (Å²) in [5, 5.41) is 8.99. The molecule has 1 aliphatic carbocycles. The minimum absolute atomic E-state index is 0.00780. The van der Waals surface area contributed by atoms with Crippen molar-refractivity contribution in [3.8, 4) is 5.75 Å². The zero-order chi connectivity index (χ0) is 18.7. The van der Waals surface area contributed by atoms with Crippen LogP contribution in [-0.2, 0) is 9.47 Å². The van der Waals surface area contributed by atoms with Crippen LogP contribution in [0.1, 0.15) is 36.0 Å². The lowest BCUT2D eigenvalue weighted by Gasteiger charge is -2.43. The molecule has 6 nitrogen and oxygen atoms in total. The normalized spacial score (nSPS) is 28.1. The number of carbonyl (C=O) groups is 1. The molecule has 1 amide bonds. The van der Waals surface area contributed by atoms with Crippen molar-refractivity contribution in [2.45, 2.75) is 43.4 Å². The van der Waals surface area contributed by atoms with E-state index >= 15 is 0 Å². The third-order valence-corrected chi connectivity index (χ3v) is 5.65. The molecule has 1 saturated carbocycles. The average Bonchev–Trinajstić information content (AvgIpc) is 3.05. The first-order chi connectivity index (χ1) is 12.5. The van der Waals surface area contributed by atoms with Crippen molar-refractivity contribution in [2.75, 3.05) is 34.0 Å². The van der Waals surface area contributed by atoms with Crippen LogP contribution in [0.4, 0.5) is 4.39 Å². The Kier molecular flexibility index (Phi) is 5.79. The number of hydrogen-bond acceptors (Lipinski definition) is 5. The van der Waals surface area contributed by atoms with Gasteiger partial charge in [0, 0.05) is 19.2 Å². The number of likely N-dealkylation sites (tertiary alicyclic amines) is 1. The fraction of sp³-hybridized carbons (Fsp3) is 0.632. The van der Waals surface area contributed by atoms with Gasteiger partial charge in [-0.15, -0.1) is 0 Å². The van der Waals surface area contributed by atoms with Crippen LogP contribution in [0, 0.1) is 5.82 Å². The highest BCUT2D eigenvalue weighted by Crippen LogP contribution is 2.43. The van der Waals surface area contributed by atoms with Gasteiger partial charge in [-0.1, -0.05) is 0 Å². The summed E-state index contributed by atoms with van der Waals surface area (Å²) in [6, 6.07) is 4.07. The average molecular weight is 367 g/mol. The molecule has 0 bridgehead atoms. The van der Waals surface area contributed by atoms with Gasteiger partial charge in [0.2, 0.25) is 0 Å². The molecule has 3 atom stereocenters. The number of rotatable bonds is 6. The van der Waals surface area contributed by atoms with E-state index in [9.17, 15) is 9.18 Å². The Morgan fingerprint density at radius 3 is 2.88 bits per heavy atom. The Balaban J connectivity index is 1.81. The van der Waals surface area contributed by atoms with E-state index in [2.05, 4.69) is 0 Å². The maximum absolute atomic E-state index is 13.7. The molecule has 26 heavy (non-hydrogen) atoms. The van der Waals surface area contributed by atoms with Gasteiger partial charge in [0.25, 0.3) is 5.91 Å². The summed E-state index contributed by atoms with van der Waals surface area (Å²) in [5.74, 6) is -0.595. The lowest BCUT2D eigenvalue weighted by molar-refractivity contribution is -0.0992. The molecule has 1 aromatic rings. The van der Waals surface area contributed by atoms with Crippen LogP contribution in [0.25, 0.3) is 0 Å². The lowest BCUT2D eigenvalue weighted by atomic mass is 9.79. The highest BCUT2D eigenvalue weighted by Gasteiger charge is 2.52. The van der Waals surface area contributed by atoms with Gasteiger partial charge < -0.3 is 24.2 Å². The molecule has 1 heterocycles. The van der Waals surface area contributed by atoms with Crippen molar-refractivity contribution >= 4 is 5.91 Å². The zero-order valence-corrected chi connectivity index (χ0v) is 15.2. The van der Waals surface area contributed by atoms with Crippen molar-refractivity contribution < 1.29 is 28.5 Å². The first-order valence-electron chi connectivity index (χ1n) is 8.97. The fourth-order valence-corrected chi connectivity index (χ4v) is 4.23. The SMILES string of the molecule is COc1cc(C(=O)N2CC[C@]3(OC)CC[C@H](OCCO)C[C@H]23)ccc1F. The Bertz CT molecular complexity index is 655. The van der Waals surface area contributed by atoms with E-state index in [1.807, 2.05) is 4.90 Å². The second-order valence-electron chi connectivity index (χ2n) is 6.87. The number of aliphatic hydroxyl groups is 1. The van der Waals surface area contributed by atoms with Gasteiger partial charge >= 0.3 is 0 Å². The van der Waals surface area contributed by atoms with Gasteiger partial charge in [0.1, 0.15) is 0 Å². The summed E-state index contributed by atoms with van der Waals surface area (Å²) in [4.78, 5) is 14.9. The number of methoxy groups -OCH3 is 2. The van der Waals surface area contributed by atoms with E-state index in [0.717, 1.165) is 19.3 Å². The maximum Gasteiger partial charge on any atom is 0.254 e. The van der Waals surface area contributed by atoms with E-state index in [0.29, 0.717) is 25.1 Å². The van der Waals surface area contributed by atoms with Crippen LogP contribution in [0.3, 0.4) is 0 Å². The molecule has 7 heteroatoms. The van der Waals surface area contributed by atoms with Crippen LogP contribution in [-0.4, -0.2) is 67.6 Å². The summed E-state index contributed by atoms with van der Waals surface area (Å²) < 4.78 is 30.2. The number of benzene rings is 1. The van der Waals surface area contributed by atoms with Gasteiger partial charge in [0.05, 0.1) is 38.1 Å². The zero-order valence-electron chi connectivity index (χ0n) is 15.2. The summed E-state index contributed by atoms with van der Waals surface area (Å²) in [5.41, 5.74) is 0.0346. The molecule has 144 valence electrons. The maximum atomic E-state index is 13.7. The van der Waals surface area contributed by atoms with Gasteiger partial charge in [-0.3, -0.25) is 4.79 Å². The molecular weight excluding hydrogens is 341 g/mol. The molecule has 0 unspecified atom stereocenters. The largest absolute Gasteiger partial charge is 0.494 e. The summed E-state index contributed by atoms with van der Waals surface area (Å²) in [6.45, 7) is 0.860. The number of nitrogens with zero attached hydrogens (tertiary/aromatic N) is 1. The highest BCUT2D eigenvalue weighted by molar-refractivity contribution is 5.95. The predicted octanol–water partition coefficient (Wildman–Crippen LogP) is 2.00. The molecular formula is C19H26FNO5. The van der Waals surface area contributed by atoms with Crippen LogP contribution in [0.2, 0.25) is 0 Å². The second-order valence-corrected chi connectivity index (χ2v) is 6.87. The number of halogens is 1. The molecule has 1 N–H and O–H groups in total. The molecule has 1 saturated heterocycles. The number of carbonyl (C=O) groups excluding carboxylic acids is 1. The van der Waals surface area contributed by atoms with E-state index in [4.69, 9.17) is 19.3 Å². The quantitative estimate of drug-likeness (QED) is 0.833. The molecule has 0 radical (unpaired) electrons. The van der Waals surface area contributed by atoms with Crippen molar-refractivity contribution in [3.05, 3.63) is 29.6 Å². The minimum atomic E-state index is -0.494.